The number of thiazole rings is 1. The molecule has 0 radical (unpaired) electrons. The van der Waals surface area contributed by atoms with Gasteiger partial charge in [-0.25, -0.2) is 9.78 Å². The summed E-state index contributed by atoms with van der Waals surface area (Å²) in [5.41, 5.74) is 4.91. The third-order valence-electron chi connectivity index (χ3n) is 7.31. The first-order chi connectivity index (χ1) is 19.0. The maximum atomic E-state index is 13.7. The number of esters is 1. The molecule has 0 unspecified atom stereocenters. The highest BCUT2D eigenvalue weighted by Crippen LogP contribution is 2.30. The van der Waals surface area contributed by atoms with Crippen LogP contribution in [0.3, 0.4) is 0 Å². The van der Waals surface area contributed by atoms with Crippen LogP contribution in [0.1, 0.15) is 61.8 Å². The minimum atomic E-state index is -0.763. The largest absolute Gasteiger partial charge is 0.457 e. The molecule has 212 valence electrons. The van der Waals surface area contributed by atoms with Gasteiger partial charge in [-0.15, -0.1) is 11.3 Å². The van der Waals surface area contributed by atoms with E-state index in [0.29, 0.717) is 5.56 Å². The van der Waals surface area contributed by atoms with Gasteiger partial charge in [0.25, 0.3) is 0 Å². The molecule has 0 spiro atoms. The number of hydrogen-bond donors (Lipinski definition) is 2. The summed E-state index contributed by atoms with van der Waals surface area (Å²) in [7, 11) is 1.74. The Hall–Kier alpha value is -3.56. The Kier molecular flexibility index (Phi) is 9.05. The molecule has 2 amide bonds. The van der Waals surface area contributed by atoms with Crippen LogP contribution in [0, 0.1) is 12.3 Å². The van der Waals surface area contributed by atoms with E-state index in [0.717, 1.165) is 21.7 Å². The second-order valence-corrected chi connectivity index (χ2v) is 12.2. The molecule has 2 heterocycles. The number of likely N-dealkylation sites (tertiary alicyclic amines) is 1. The lowest BCUT2D eigenvalue weighted by molar-refractivity contribution is -0.142. The molecule has 1 fully saturated rings. The maximum Gasteiger partial charge on any atom is 0.338 e. The van der Waals surface area contributed by atoms with Gasteiger partial charge in [-0.3, -0.25) is 9.59 Å². The molecule has 0 saturated carbocycles. The summed E-state index contributed by atoms with van der Waals surface area (Å²) in [4.78, 5) is 47.1. The van der Waals surface area contributed by atoms with Crippen molar-refractivity contribution in [1.29, 1.82) is 0 Å². The van der Waals surface area contributed by atoms with E-state index in [1.165, 1.54) is 0 Å². The number of benzene rings is 2. The van der Waals surface area contributed by atoms with E-state index in [4.69, 9.17) is 4.74 Å². The molecule has 4 atom stereocenters. The number of nitrogens with zero attached hydrogens (tertiary/aromatic N) is 2. The van der Waals surface area contributed by atoms with E-state index >= 15 is 0 Å². The van der Waals surface area contributed by atoms with Crippen LogP contribution in [-0.4, -0.2) is 59.4 Å². The van der Waals surface area contributed by atoms with Gasteiger partial charge in [0, 0.05) is 6.42 Å². The lowest BCUT2D eigenvalue weighted by Gasteiger charge is -2.34. The summed E-state index contributed by atoms with van der Waals surface area (Å²) in [6, 6.07) is 15.2. The first-order valence-corrected chi connectivity index (χ1v) is 14.4. The molecular formula is C31H38N4O4S. The predicted octanol–water partition coefficient (Wildman–Crippen LogP) is 4.76. The molecular weight excluding hydrogens is 524 g/mol. The molecule has 4 rings (SSSR count). The quantitative estimate of drug-likeness (QED) is 0.384. The van der Waals surface area contributed by atoms with Crippen molar-refractivity contribution in [2.45, 2.75) is 65.3 Å². The Morgan fingerprint density at radius 1 is 1.07 bits per heavy atom. The highest BCUT2D eigenvalue weighted by Gasteiger charge is 2.45. The number of amides is 2. The van der Waals surface area contributed by atoms with Gasteiger partial charge in [-0.2, -0.15) is 0 Å². The van der Waals surface area contributed by atoms with E-state index in [1.807, 2.05) is 70.5 Å². The van der Waals surface area contributed by atoms with E-state index in [2.05, 4.69) is 15.6 Å². The SMILES string of the molecule is CN[C@H](C(=O)N1C[C@H](OC(=O)c2ccccc2)C[C@H]1C(=O)N[C@@H](C)c1ccc(-c2scnc2C)cc1)C(C)(C)C. The summed E-state index contributed by atoms with van der Waals surface area (Å²) in [6.45, 7) is 9.99. The Bertz CT molecular complexity index is 1330. The number of likely N-dealkylation sites (N-methyl/N-ethyl adjacent to an activating group) is 1. The molecule has 1 aliphatic heterocycles. The van der Waals surface area contributed by atoms with Crippen LogP contribution in [0.2, 0.25) is 0 Å². The number of aryl methyl sites for hydroxylation is 1. The summed E-state index contributed by atoms with van der Waals surface area (Å²) >= 11 is 1.60. The summed E-state index contributed by atoms with van der Waals surface area (Å²) in [5, 5.41) is 6.20. The van der Waals surface area contributed by atoms with Gasteiger partial charge in [-0.05, 0) is 49.6 Å². The molecule has 9 heteroatoms. The van der Waals surface area contributed by atoms with Gasteiger partial charge in [0.15, 0.2) is 0 Å². The van der Waals surface area contributed by atoms with Gasteiger partial charge in [0.1, 0.15) is 12.1 Å². The zero-order chi connectivity index (χ0) is 29.0. The maximum absolute atomic E-state index is 13.7. The van der Waals surface area contributed by atoms with E-state index in [1.54, 1.807) is 47.5 Å². The number of aromatic nitrogens is 1. The minimum absolute atomic E-state index is 0.154. The van der Waals surface area contributed by atoms with Crippen molar-refractivity contribution in [1.82, 2.24) is 20.5 Å². The van der Waals surface area contributed by atoms with E-state index in [-0.39, 0.29) is 36.2 Å². The van der Waals surface area contributed by atoms with Gasteiger partial charge >= 0.3 is 5.97 Å². The highest BCUT2D eigenvalue weighted by molar-refractivity contribution is 7.13. The second-order valence-electron chi connectivity index (χ2n) is 11.3. The second kappa shape index (κ2) is 12.3. The molecule has 0 bridgehead atoms. The van der Waals surface area contributed by atoms with Crippen molar-refractivity contribution in [2.75, 3.05) is 13.6 Å². The van der Waals surface area contributed by atoms with E-state index < -0.39 is 24.2 Å². The van der Waals surface area contributed by atoms with Crippen molar-refractivity contribution in [3.05, 3.63) is 76.9 Å². The number of carbonyl (C=O) groups excluding carboxylic acids is 3. The third-order valence-corrected chi connectivity index (χ3v) is 8.29. The lowest BCUT2D eigenvalue weighted by Crippen LogP contribution is -2.56. The Labute approximate surface area is 240 Å². The average molecular weight is 563 g/mol. The van der Waals surface area contributed by atoms with Crippen LogP contribution in [0.4, 0.5) is 0 Å². The Morgan fingerprint density at radius 2 is 1.75 bits per heavy atom. The molecule has 1 saturated heterocycles. The molecule has 8 nitrogen and oxygen atoms in total. The third kappa shape index (κ3) is 6.59. The molecule has 2 N–H and O–H groups in total. The lowest BCUT2D eigenvalue weighted by atomic mass is 9.86. The summed E-state index contributed by atoms with van der Waals surface area (Å²) in [6.07, 6.45) is -0.366. The van der Waals surface area contributed by atoms with Crippen molar-refractivity contribution in [2.24, 2.45) is 5.41 Å². The Balaban J connectivity index is 1.50. The average Bonchev–Trinajstić information content (AvgIpc) is 3.55. The smallest absolute Gasteiger partial charge is 0.338 e. The highest BCUT2D eigenvalue weighted by atomic mass is 32.1. The number of ether oxygens (including phenoxy) is 1. The van der Waals surface area contributed by atoms with Gasteiger partial charge < -0.3 is 20.3 Å². The fraction of sp³-hybridized carbons (Fsp3) is 0.419. The molecule has 40 heavy (non-hydrogen) atoms. The van der Waals surface area contributed by atoms with Crippen LogP contribution in [0.15, 0.2) is 60.1 Å². The van der Waals surface area contributed by atoms with Crippen LogP contribution < -0.4 is 10.6 Å². The molecule has 3 aromatic rings. The van der Waals surface area contributed by atoms with Crippen LogP contribution in [0.25, 0.3) is 10.4 Å². The Morgan fingerprint density at radius 3 is 2.33 bits per heavy atom. The van der Waals surface area contributed by atoms with Crippen molar-refractivity contribution in [3.8, 4) is 10.4 Å². The minimum Gasteiger partial charge on any atom is -0.457 e. The molecule has 0 aliphatic carbocycles. The van der Waals surface area contributed by atoms with Crippen LogP contribution >= 0.6 is 11.3 Å². The van der Waals surface area contributed by atoms with Gasteiger partial charge in [-0.1, -0.05) is 63.2 Å². The number of hydrogen-bond acceptors (Lipinski definition) is 7. The number of rotatable bonds is 8. The zero-order valence-corrected chi connectivity index (χ0v) is 24.7. The van der Waals surface area contributed by atoms with Crippen molar-refractivity contribution >= 4 is 29.1 Å². The first kappa shape index (κ1) is 29.4. The molecule has 2 aromatic carbocycles. The van der Waals surface area contributed by atoms with Crippen molar-refractivity contribution < 1.29 is 19.1 Å². The topological polar surface area (TPSA) is 101 Å². The number of carbonyl (C=O) groups is 3. The molecule has 1 aromatic heterocycles. The van der Waals surface area contributed by atoms with Gasteiger partial charge in [0.2, 0.25) is 11.8 Å². The summed E-state index contributed by atoms with van der Waals surface area (Å²) in [5.74, 6) is -0.930. The van der Waals surface area contributed by atoms with Crippen molar-refractivity contribution in [3.63, 3.8) is 0 Å². The first-order valence-electron chi connectivity index (χ1n) is 13.5. The summed E-state index contributed by atoms with van der Waals surface area (Å²) < 4.78 is 5.77. The fourth-order valence-corrected chi connectivity index (χ4v) is 5.97. The number of nitrogens with one attached hydrogen (secondary N) is 2. The van der Waals surface area contributed by atoms with Crippen LogP contribution in [0.5, 0.6) is 0 Å². The van der Waals surface area contributed by atoms with Crippen LogP contribution in [-0.2, 0) is 14.3 Å². The zero-order valence-electron chi connectivity index (χ0n) is 23.9. The molecule has 1 aliphatic rings. The fourth-order valence-electron chi connectivity index (χ4n) is 5.16. The monoisotopic (exact) mass is 562 g/mol. The standard InChI is InChI=1S/C31H38N4O4S/c1-19(21-12-14-22(15-13-21)26-20(2)33-18-40-26)34-28(36)25-16-24(39-30(38)23-10-8-7-9-11-23)17-35(25)29(37)27(32-6)31(3,4)5/h7-15,18-19,24-25,27,32H,16-17H2,1-6H3,(H,34,36)/t19-,24+,25-,27+/m0/s1. The predicted molar refractivity (Wildman–Crippen MR) is 157 cm³/mol. The normalized spacial score (nSPS) is 18.7. The van der Waals surface area contributed by atoms with E-state index in [9.17, 15) is 14.4 Å². The van der Waals surface area contributed by atoms with Gasteiger partial charge in [0.05, 0.1) is 40.3 Å².